The highest BCUT2D eigenvalue weighted by Crippen LogP contribution is 2.38. The van der Waals surface area contributed by atoms with E-state index in [1.807, 2.05) is 53.8 Å². The van der Waals surface area contributed by atoms with Crippen LogP contribution in [0.3, 0.4) is 0 Å². The topological polar surface area (TPSA) is 66.0 Å². The summed E-state index contributed by atoms with van der Waals surface area (Å²) in [6.07, 6.45) is 5.74. The Morgan fingerprint density at radius 2 is 1.45 bits per heavy atom. The van der Waals surface area contributed by atoms with Crippen LogP contribution in [0.25, 0.3) is 59.4 Å². The molecule has 0 amide bonds. The molecule has 1 aliphatic rings. The van der Waals surface area contributed by atoms with Crippen molar-refractivity contribution in [1.29, 1.82) is 0 Å². The molecule has 7 heteroatoms. The maximum absolute atomic E-state index is 4.99. The van der Waals surface area contributed by atoms with Gasteiger partial charge in [0.25, 0.3) is 0 Å². The van der Waals surface area contributed by atoms with E-state index in [1.165, 1.54) is 4.70 Å². The Balaban J connectivity index is 1.35. The average Bonchev–Trinajstić information content (AvgIpc) is 3.69. The smallest absolute Gasteiger partial charge is 0.124 e. The number of hydrogen-bond acceptors (Lipinski definition) is 7. The Morgan fingerprint density at radius 3 is 2.35 bits per heavy atom. The maximum atomic E-state index is 4.99. The summed E-state index contributed by atoms with van der Waals surface area (Å²) >= 11 is 1.71. The number of pyridine rings is 2. The normalized spacial score (nSPS) is 13.2. The molecule has 4 aromatic carbocycles. The van der Waals surface area contributed by atoms with Gasteiger partial charge in [-0.2, -0.15) is 0 Å². The summed E-state index contributed by atoms with van der Waals surface area (Å²) in [5.74, 6) is 0. The van der Waals surface area contributed by atoms with Crippen molar-refractivity contribution in [2.24, 2.45) is 0 Å². The predicted octanol–water partition coefficient (Wildman–Crippen LogP) is 7.55. The minimum Gasteiger partial charge on any atom is -0.301 e. The summed E-state index contributed by atoms with van der Waals surface area (Å²) in [7, 11) is 0. The number of aromatic nitrogens is 3. The highest BCUT2D eigenvalue weighted by Gasteiger charge is 2.19. The van der Waals surface area contributed by atoms with Crippen LogP contribution in [0.5, 0.6) is 0 Å². The van der Waals surface area contributed by atoms with E-state index in [9.17, 15) is 0 Å². The van der Waals surface area contributed by atoms with Gasteiger partial charge in [0, 0.05) is 40.5 Å². The summed E-state index contributed by atoms with van der Waals surface area (Å²) in [6, 6.07) is 35.6. The third kappa shape index (κ3) is 3.88. The number of rotatable bonds is 4. The number of hydrogen-bond donors (Lipinski definition) is 2. The molecular formula is C33H22N6S. The SMILES string of the molecule is C1=C(c2cc(-c3nc4ccccc4s3)cc(-c3cc4cccnc4c4ncccc34)c2)NNN1c1ccccc1. The minimum atomic E-state index is 0.901. The Kier molecular flexibility index (Phi) is 5.29. The van der Waals surface area contributed by atoms with Gasteiger partial charge in [-0.05, 0) is 71.8 Å². The molecule has 0 saturated heterocycles. The van der Waals surface area contributed by atoms with Crippen molar-refractivity contribution in [2.45, 2.75) is 0 Å². The Bertz CT molecular complexity index is 2050. The molecule has 40 heavy (non-hydrogen) atoms. The average molecular weight is 535 g/mol. The second-order valence-corrected chi connectivity index (χ2v) is 10.7. The number of benzene rings is 4. The van der Waals surface area contributed by atoms with Crippen LogP contribution < -0.4 is 16.0 Å². The molecule has 0 spiro atoms. The van der Waals surface area contributed by atoms with E-state index in [4.69, 9.17) is 9.97 Å². The zero-order valence-corrected chi connectivity index (χ0v) is 22.1. The Hall–Kier alpha value is -5.11. The van der Waals surface area contributed by atoms with Gasteiger partial charge in [-0.1, -0.05) is 42.5 Å². The molecule has 4 heterocycles. The first kappa shape index (κ1) is 22.8. The molecular weight excluding hydrogens is 512 g/mol. The largest absolute Gasteiger partial charge is 0.301 e. The molecule has 0 aliphatic carbocycles. The molecule has 2 N–H and O–H groups in total. The fourth-order valence-electron chi connectivity index (χ4n) is 5.26. The number of fused-ring (bicyclic) bond motifs is 4. The quantitative estimate of drug-likeness (QED) is 0.227. The summed E-state index contributed by atoms with van der Waals surface area (Å²) in [5.41, 5.74) is 15.8. The summed E-state index contributed by atoms with van der Waals surface area (Å²) in [5, 5.41) is 5.10. The first-order chi connectivity index (χ1) is 19.8. The van der Waals surface area contributed by atoms with Crippen LogP contribution in [0.1, 0.15) is 5.56 Å². The van der Waals surface area contributed by atoms with Crippen LogP contribution >= 0.6 is 11.3 Å². The fraction of sp³-hybridized carbons (Fsp3) is 0. The van der Waals surface area contributed by atoms with Gasteiger partial charge in [-0.3, -0.25) is 15.0 Å². The second-order valence-electron chi connectivity index (χ2n) is 9.67. The summed E-state index contributed by atoms with van der Waals surface area (Å²) in [4.78, 5) is 14.4. The summed E-state index contributed by atoms with van der Waals surface area (Å²) in [6.45, 7) is 0. The second kappa shape index (κ2) is 9.27. The van der Waals surface area contributed by atoms with Gasteiger partial charge in [0.1, 0.15) is 5.01 Å². The minimum absolute atomic E-state index is 0.901. The van der Waals surface area contributed by atoms with Crippen LogP contribution in [0.15, 0.2) is 122 Å². The van der Waals surface area contributed by atoms with Gasteiger partial charge in [-0.15, -0.1) is 16.9 Å². The van der Waals surface area contributed by atoms with Crippen LogP contribution in [0.4, 0.5) is 5.69 Å². The van der Waals surface area contributed by atoms with Gasteiger partial charge < -0.3 is 5.43 Å². The molecule has 6 nitrogen and oxygen atoms in total. The Morgan fingerprint density at radius 1 is 0.675 bits per heavy atom. The molecule has 190 valence electrons. The number of nitrogens with one attached hydrogen (secondary N) is 2. The molecule has 8 rings (SSSR count). The molecule has 0 radical (unpaired) electrons. The number of nitrogens with zero attached hydrogens (tertiary/aromatic N) is 4. The van der Waals surface area contributed by atoms with E-state index in [0.29, 0.717) is 0 Å². The number of hydrazine groups is 2. The molecule has 0 atom stereocenters. The molecule has 7 aromatic rings. The standard InChI is InChI=1S/C33H22N6S/c1-2-9-25(10-3-1)39-20-29(37-38-39)23-16-22(17-24(18-23)33-36-28-12-4-5-13-30(28)40-33)27-19-21-8-6-14-34-31(21)32-26(27)11-7-15-35-32/h1-20,37-38H. The van der Waals surface area contributed by atoms with Crippen molar-refractivity contribution in [3.05, 3.63) is 127 Å². The van der Waals surface area contributed by atoms with Crippen molar-refractivity contribution < 1.29 is 0 Å². The third-order valence-electron chi connectivity index (χ3n) is 7.16. The van der Waals surface area contributed by atoms with Crippen molar-refractivity contribution in [3.8, 4) is 21.7 Å². The number of thiazole rings is 1. The highest BCUT2D eigenvalue weighted by molar-refractivity contribution is 7.21. The zero-order chi connectivity index (χ0) is 26.5. The van der Waals surface area contributed by atoms with Gasteiger partial charge in [0.2, 0.25) is 0 Å². The summed E-state index contributed by atoms with van der Waals surface area (Å²) < 4.78 is 1.17. The van der Waals surface area contributed by atoms with E-state index in [0.717, 1.165) is 66.0 Å². The van der Waals surface area contributed by atoms with Crippen molar-refractivity contribution in [3.63, 3.8) is 0 Å². The molecule has 0 bridgehead atoms. The van der Waals surface area contributed by atoms with E-state index >= 15 is 0 Å². The highest BCUT2D eigenvalue weighted by atomic mass is 32.1. The van der Waals surface area contributed by atoms with E-state index in [-0.39, 0.29) is 0 Å². The van der Waals surface area contributed by atoms with E-state index in [2.05, 4.69) is 88.9 Å². The Labute approximate surface area is 234 Å². The van der Waals surface area contributed by atoms with Crippen molar-refractivity contribution in [2.75, 3.05) is 5.01 Å². The lowest BCUT2D eigenvalue weighted by atomic mass is 9.94. The van der Waals surface area contributed by atoms with Crippen LogP contribution in [-0.2, 0) is 0 Å². The first-order valence-corrected chi connectivity index (χ1v) is 13.8. The molecule has 0 unspecified atom stereocenters. The maximum Gasteiger partial charge on any atom is 0.124 e. The lowest BCUT2D eigenvalue weighted by Gasteiger charge is -2.14. The van der Waals surface area contributed by atoms with Crippen LogP contribution in [0, 0.1) is 0 Å². The molecule has 0 saturated carbocycles. The van der Waals surface area contributed by atoms with E-state index in [1.54, 1.807) is 11.3 Å². The third-order valence-corrected chi connectivity index (χ3v) is 8.25. The lowest BCUT2D eigenvalue weighted by Crippen LogP contribution is -2.36. The lowest BCUT2D eigenvalue weighted by molar-refractivity contribution is 0.689. The van der Waals surface area contributed by atoms with Gasteiger partial charge in [0.15, 0.2) is 0 Å². The van der Waals surface area contributed by atoms with Crippen molar-refractivity contribution >= 4 is 54.7 Å². The monoisotopic (exact) mass is 534 g/mol. The molecule has 3 aromatic heterocycles. The van der Waals surface area contributed by atoms with E-state index < -0.39 is 0 Å². The first-order valence-electron chi connectivity index (χ1n) is 13.0. The predicted molar refractivity (Wildman–Crippen MR) is 164 cm³/mol. The fourth-order valence-corrected chi connectivity index (χ4v) is 6.21. The van der Waals surface area contributed by atoms with Crippen molar-refractivity contribution in [1.82, 2.24) is 25.9 Å². The van der Waals surface area contributed by atoms with Gasteiger partial charge in [-0.25, -0.2) is 4.98 Å². The molecule has 0 fully saturated rings. The molecule has 1 aliphatic heterocycles. The zero-order valence-electron chi connectivity index (χ0n) is 21.2. The van der Waals surface area contributed by atoms with Gasteiger partial charge in [0.05, 0.1) is 32.6 Å². The number of anilines is 1. The van der Waals surface area contributed by atoms with Crippen LogP contribution in [-0.4, -0.2) is 15.0 Å². The van der Waals surface area contributed by atoms with Gasteiger partial charge >= 0.3 is 0 Å². The van der Waals surface area contributed by atoms with Crippen LogP contribution in [0.2, 0.25) is 0 Å². The number of para-hydroxylation sites is 2.